The smallest absolute Gasteiger partial charge is 0.325 e. The number of nitrogens with one attached hydrogen (secondary N) is 3. The number of thiophene rings is 1. The van der Waals surface area contributed by atoms with Crippen LogP contribution in [0.2, 0.25) is 0 Å². The monoisotopic (exact) mass is 505 g/mol. The van der Waals surface area contributed by atoms with Gasteiger partial charge in [-0.1, -0.05) is 12.1 Å². The van der Waals surface area contributed by atoms with E-state index in [1.54, 1.807) is 60.5 Å². The standard InChI is InChI=1S/C24H20FN7OS2/c25-12-15-2-1-3-17(10-15)31-23(33)32-24-28-13-18(34-24)6-9-27-22-21-19(29-14-30-22)11-20(35-21)16-4-7-26-8-5-16/h1-5,7-8,10-11,13-14H,6,9,12H2,(H,27,29,30)(H2,28,31,32,33). The number of nitrogens with zero attached hydrogens (tertiary/aromatic N) is 4. The summed E-state index contributed by atoms with van der Waals surface area (Å²) in [6.45, 7) is 0.0679. The lowest BCUT2D eigenvalue weighted by molar-refractivity contribution is 0.262. The molecule has 0 unspecified atom stereocenters. The number of carbonyl (C=O) groups is 1. The van der Waals surface area contributed by atoms with Crippen LogP contribution in [-0.4, -0.2) is 32.5 Å². The fourth-order valence-corrected chi connectivity index (χ4v) is 5.30. The first-order chi connectivity index (χ1) is 17.2. The second kappa shape index (κ2) is 10.5. The molecule has 4 heterocycles. The minimum Gasteiger partial charge on any atom is -0.368 e. The van der Waals surface area contributed by atoms with E-state index in [0.717, 1.165) is 31.4 Å². The second-order valence-corrected chi connectivity index (χ2v) is 9.67. The Morgan fingerprint density at radius 2 is 1.89 bits per heavy atom. The van der Waals surface area contributed by atoms with Crippen molar-refractivity contribution >= 4 is 55.6 Å². The molecule has 4 aromatic heterocycles. The Bertz CT molecular complexity index is 1450. The molecule has 8 nitrogen and oxygen atoms in total. The molecule has 0 saturated carbocycles. The van der Waals surface area contributed by atoms with Gasteiger partial charge in [0.1, 0.15) is 18.8 Å². The van der Waals surface area contributed by atoms with Crippen LogP contribution in [0, 0.1) is 0 Å². The van der Waals surface area contributed by atoms with Crippen molar-refractivity contribution in [2.75, 3.05) is 22.5 Å². The van der Waals surface area contributed by atoms with Crippen molar-refractivity contribution in [3.63, 3.8) is 0 Å². The number of rotatable bonds is 8. The first-order valence-corrected chi connectivity index (χ1v) is 12.4. The van der Waals surface area contributed by atoms with Gasteiger partial charge in [-0.2, -0.15) is 0 Å². The van der Waals surface area contributed by atoms with Gasteiger partial charge >= 0.3 is 6.03 Å². The van der Waals surface area contributed by atoms with Crippen LogP contribution in [0.5, 0.6) is 0 Å². The number of pyridine rings is 1. The number of carbonyl (C=O) groups excluding carboxylic acids is 1. The van der Waals surface area contributed by atoms with E-state index in [4.69, 9.17) is 0 Å². The molecule has 0 bridgehead atoms. The third kappa shape index (κ3) is 5.58. The highest BCUT2D eigenvalue weighted by Crippen LogP contribution is 2.35. The number of anilines is 3. The summed E-state index contributed by atoms with van der Waals surface area (Å²) in [5.74, 6) is 0.790. The minimum absolute atomic E-state index is 0.425. The number of fused-ring (bicyclic) bond motifs is 1. The van der Waals surface area contributed by atoms with E-state index >= 15 is 0 Å². The molecule has 0 aliphatic rings. The highest BCUT2D eigenvalue weighted by atomic mass is 32.1. The Balaban J connectivity index is 1.17. The Hall–Kier alpha value is -3.96. The number of hydrogen-bond donors (Lipinski definition) is 3. The van der Waals surface area contributed by atoms with Gasteiger partial charge in [0.05, 0.1) is 10.2 Å². The molecule has 0 atom stereocenters. The number of benzene rings is 1. The molecule has 0 fully saturated rings. The molecule has 0 spiro atoms. The van der Waals surface area contributed by atoms with Gasteiger partial charge in [0.25, 0.3) is 0 Å². The van der Waals surface area contributed by atoms with Crippen molar-refractivity contribution in [2.45, 2.75) is 13.1 Å². The van der Waals surface area contributed by atoms with Crippen LogP contribution in [0.3, 0.4) is 0 Å². The molecular weight excluding hydrogens is 485 g/mol. The molecule has 0 radical (unpaired) electrons. The van der Waals surface area contributed by atoms with Gasteiger partial charge in [-0.15, -0.1) is 22.7 Å². The van der Waals surface area contributed by atoms with Crippen molar-refractivity contribution in [1.29, 1.82) is 0 Å². The molecule has 35 heavy (non-hydrogen) atoms. The summed E-state index contributed by atoms with van der Waals surface area (Å²) in [5.41, 5.74) is 3.02. The number of hydrogen-bond acceptors (Lipinski definition) is 8. The fraction of sp³-hybridized carbons (Fsp3) is 0.125. The Morgan fingerprint density at radius 1 is 1.00 bits per heavy atom. The molecule has 3 N–H and O–H groups in total. The van der Waals surface area contributed by atoms with Crippen molar-refractivity contribution in [3.8, 4) is 10.4 Å². The van der Waals surface area contributed by atoms with Crippen LogP contribution in [0.15, 0.2) is 67.4 Å². The van der Waals surface area contributed by atoms with Crippen LogP contribution in [0.25, 0.3) is 20.7 Å². The second-order valence-electron chi connectivity index (χ2n) is 7.50. The molecular formula is C24H20FN7OS2. The molecule has 2 amide bonds. The number of alkyl halides is 1. The van der Waals surface area contributed by atoms with Crippen molar-refractivity contribution in [2.24, 2.45) is 0 Å². The predicted octanol–water partition coefficient (Wildman–Crippen LogP) is 5.98. The first kappa shape index (κ1) is 22.8. The lowest BCUT2D eigenvalue weighted by Crippen LogP contribution is -2.19. The largest absolute Gasteiger partial charge is 0.368 e. The van der Waals surface area contributed by atoms with Gasteiger partial charge in [-0.3, -0.25) is 10.3 Å². The van der Waals surface area contributed by atoms with Crippen LogP contribution in [0.1, 0.15) is 10.4 Å². The molecule has 0 aliphatic heterocycles. The summed E-state index contributed by atoms with van der Waals surface area (Å²) in [5, 5.41) is 9.29. The highest BCUT2D eigenvalue weighted by Gasteiger charge is 2.11. The van der Waals surface area contributed by atoms with Crippen LogP contribution < -0.4 is 16.0 Å². The summed E-state index contributed by atoms with van der Waals surface area (Å²) in [6.07, 6.45) is 7.57. The zero-order chi connectivity index (χ0) is 24.0. The molecule has 0 aliphatic carbocycles. The van der Waals surface area contributed by atoms with E-state index in [1.807, 2.05) is 12.1 Å². The number of thiazole rings is 1. The number of aromatic nitrogens is 4. The van der Waals surface area contributed by atoms with Gasteiger partial charge in [-0.25, -0.2) is 24.1 Å². The summed E-state index contributed by atoms with van der Waals surface area (Å²) >= 11 is 3.04. The normalized spacial score (nSPS) is 10.9. The van der Waals surface area contributed by atoms with Gasteiger partial charge in [-0.05, 0) is 41.5 Å². The van der Waals surface area contributed by atoms with Crippen molar-refractivity contribution in [3.05, 3.63) is 77.8 Å². The predicted molar refractivity (Wildman–Crippen MR) is 139 cm³/mol. The van der Waals surface area contributed by atoms with E-state index < -0.39 is 12.7 Å². The Labute approximate surface area is 208 Å². The lowest BCUT2D eigenvalue weighted by Gasteiger charge is -2.06. The number of halogens is 1. The van der Waals surface area contributed by atoms with Crippen molar-refractivity contribution in [1.82, 2.24) is 19.9 Å². The van der Waals surface area contributed by atoms with Gasteiger partial charge < -0.3 is 10.6 Å². The summed E-state index contributed by atoms with van der Waals surface area (Å²) in [4.78, 5) is 31.5. The first-order valence-electron chi connectivity index (χ1n) is 10.7. The van der Waals surface area contributed by atoms with Gasteiger partial charge in [0.15, 0.2) is 5.13 Å². The average Bonchev–Trinajstić information content (AvgIpc) is 3.52. The van der Waals surface area contributed by atoms with E-state index in [0.29, 0.717) is 29.3 Å². The number of urea groups is 1. The lowest BCUT2D eigenvalue weighted by atomic mass is 10.2. The quantitative estimate of drug-likeness (QED) is 0.240. The summed E-state index contributed by atoms with van der Waals surface area (Å²) < 4.78 is 13.8. The molecule has 0 saturated heterocycles. The Morgan fingerprint density at radius 3 is 2.74 bits per heavy atom. The van der Waals surface area contributed by atoms with E-state index in [2.05, 4.69) is 42.0 Å². The zero-order valence-corrected chi connectivity index (χ0v) is 20.0. The van der Waals surface area contributed by atoms with Crippen LogP contribution in [-0.2, 0) is 13.1 Å². The maximum absolute atomic E-state index is 12.8. The topological polar surface area (TPSA) is 105 Å². The molecule has 176 valence electrons. The molecule has 5 rings (SSSR count). The zero-order valence-electron chi connectivity index (χ0n) is 18.4. The maximum Gasteiger partial charge on any atom is 0.325 e. The van der Waals surface area contributed by atoms with Crippen LogP contribution in [0.4, 0.5) is 25.8 Å². The molecule has 11 heteroatoms. The van der Waals surface area contributed by atoms with E-state index in [-0.39, 0.29) is 0 Å². The highest BCUT2D eigenvalue weighted by molar-refractivity contribution is 7.22. The SMILES string of the molecule is O=C(Nc1cccc(CF)c1)Nc1ncc(CCNc2ncnc3cc(-c4ccncc4)sc23)s1. The molecule has 5 aromatic rings. The van der Waals surface area contributed by atoms with E-state index in [9.17, 15) is 9.18 Å². The maximum atomic E-state index is 12.8. The van der Waals surface area contributed by atoms with Crippen molar-refractivity contribution < 1.29 is 9.18 Å². The Kier molecular flexibility index (Phi) is 6.87. The third-order valence-electron chi connectivity index (χ3n) is 5.05. The van der Waals surface area contributed by atoms with Crippen LogP contribution >= 0.6 is 22.7 Å². The van der Waals surface area contributed by atoms with Gasteiger partial charge in [0.2, 0.25) is 0 Å². The van der Waals surface area contributed by atoms with E-state index in [1.165, 1.54) is 11.3 Å². The van der Waals surface area contributed by atoms with Gasteiger partial charge in [0, 0.05) is 47.0 Å². The minimum atomic E-state index is -0.583. The fourth-order valence-electron chi connectivity index (χ4n) is 3.42. The molecule has 1 aromatic carbocycles. The average molecular weight is 506 g/mol. The summed E-state index contributed by atoms with van der Waals surface area (Å²) in [7, 11) is 0. The number of amides is 2. The third-order valence-corrected chi connectivity index (χ3v) is 7.21. The summed E-state index contributed by atoms with van der Waals surface area (Å²) in [6, 6.07) is 12.2.